The topological polar surface area (TPSA) is 49.3 Å². The van der Waals surface area contributed by atoms with Gasteiger partial charge in [0.1, 0.15) is 6.04 Å². The van der Waals surface area contributed by atoms with Crippen molar-refractivity contribution >= 4 is 49.6 Å². The van der Waals surface area contributed by atoms with Crippen LogP contribution in [0.4, 0.5) is 0 Å². The van der Waals surface area contributed by atoms with Gasteiger partial charge in [0.15, 0.2) is 0 Å². The molecule has 86 valence electrons. The van der Waals surface area contributed by atoms with Gasteiger partial charge in [0.2, 0.25) is 0 Å². The van der Waals surface area contributed by atoms with Crippen molar-refractivity contribution in [3.05, 3.63) is 32.7 Å². The molecule has 1 unspecified atom stereocenters. The van der Waals surface area contributed by atoms with Gasteiger partial charge in [-0.3, -0.25) is 10.1 Å². The standard InChI is InChI=1S/C10H9Br2NO2S/c11-6-2-1-5(3-7(6)12)9-13-8(4-16-9)10(14)15/h1-3,8-9,13H,4H2,(H,14,15)/t8-,9?/m1/s1. The molecule has 2 rings (SSSR count). The first kappa shape index (κ1) is 12.4. The number of halogens is 2. The van der Waals surface area contributed by atoms with E-state index in [0.29, 0.717) is 5.75 Å². The molecule has 2 atom stereocenters. The molecule has 1 aliphatic rings. The molecular weight excluding hydrogens is 358 g/mol. The normalized spacial score (nSPS) is 24.6. The summed E-state index contributed by atoms with van der Waals surface area (Å²) in [5, 5.41) is 12.0. The molecule has 3 nitrogen and oxygen atoms in total. The fourth-order valence-electron chi connectivity index (χ4n) is 1.48. The smallest absolute Gasteiger partial charge is 0.321 e. The average molecular weight is 367 g/mol. The van der Waals surface area contributed by atoms with Gasteiger partial charge >= 0.3 is 5.97 Å². The summed E-state index contributed by atoms with van der Waals surface area (Å²) in [4.78, 5) is 10.8. The highest BCUT2D eigenvalue weighted by atomic mass is 79.9. The molecule has 1 aliphatic heterocycles. The van der Waals surface area contributed by atoms with Gasteiger partial charge in [-0.05, 0) is 49.6 Å². The maximum atomic E-state index is 10.8. The molecule has 0 amide bonds. The summed E-state index contributed by atoms with van der Waals surface area (Å²) >= 11 is 8.46. The highest BCUT2D eigenvalue weighted by Crippen LogP contribution is 2.35. The van der Waals surface area contributed by atoms with Crippen LogP contribution in [0.1, 0.15) is 10.9 Å². The number of nitrogens with one attached hydrogen (secondary N) is 1. The quantitative estimate of drug-likeness (QED) is 0.844. The summed E-state index contributed by atoms with van der Waals surface area (Å²) in [7, 11) is 0. The van der Waals surface area contributed by atoms with Gasteiger partial charge in [-0.15, -0.1) is 11.8 Å². The van der Waals surface area contributed by atoms with E-state index in [1.165, 1.54) is 0 Å². The number of carbonyl (C=O) groups is 1. The Morgan fingerprint density at radius 3 is 2.75 bits per heavy atom. The van der Waals surface area contributed by atoms with Crippen molar-refractivity contribution in [3.8, 4) is 0 Å². The maximum absolute atomic E-state index is 10.8. The Labute approximate surface area is 114 Å². The monoisotopic (exact) mass is 365 g/mol. The van der Waals surface area contributed by atoms with Gasteiger partial charge in [0.05, 0.1) is 5.37 Å². The molecule has 0 aromatic heterocycles. The molecule has 0 aliphatic carbocycles. The fourth-order valence-corrected chi connectivity index (χ4v) is 3.35. The third-order valence-electron chi connectivity index (χ3n) is 2.33. The predicted octanol–water partition coefficient (Wildman–Crippen LogP) is 3.00. The zero-order chi connectivity index (χ0) is 11.7. The Morgan fingerprint density at radius 1 is 1.44 bits per heavy atom. The van der Waals surface area contributed by atoms with Crippen molar-refractivity contribution in [1.82, 2.24) is 5.32 Å². The number of aliphatic carboxylic acids is 1. The number of hydrogen-bond acceptors (Lipinski definition) is 3. The summed E-state index contributed by atoms with van der Waals surface area (Å²) in [6.07, 6.45) is 0. The lowest BCUT2D eigenvalue weighted by atomic mass is 10.2. The lowest BCUT2D eigenvalue weighted by Crippen LogP contribution is -2.33. The number of benzene rings is 1. The van der Waals surface area contributed by atoms with Gasteiger partial charge in [-0.2, -0.15) is 0 Å². The largest absolute Gasteiger partial charge is 0.480 e. The van der Waals surface area contributed by atoms with E-state index in [-0.39, 0.29) is 5.37 Å². The summed E-state index contributed by atoms with van der Waals surface area (Å²) in [6.45, 7) is 0. The fraction of sp³-hybridized carbons (Fsp3) is 0.300. The van der Waals surface area contributed by atoms with Crippen molar-refractivity contribution in [2.45, 2.75) is 11.4 Å². The first-order chi connectivity index (χ1) is 7.58. The van der Waals surface area contributed by atoms with Crippen LogP contribution in [0.25, 0.3) is 0 Å². The molecule has 16 heavy (non-hydrogen) atoms. The van der Waals surface area contributed by atoms with E-state index in [1.54, 1.807) is 11.8 Å². The Bertz CT molecular complexity index is 427. The number of thioether (sulfide) groups is 1. The van der Waals surface area contributed by atoms with Gasteiger partial charge in [0, 0.05) is 14.7 Å². The third kappa shape index (κ3) is 2.61. The van der Waals surface area contributed by atoms with Crippen LogP contribution in [0.5, 0.6) is 0 Å². The van der Waals surface area contributed by atoms with E-state index in [4.69, 9.17) is 5.11 Å². The molecule has 1 aromatic rings. The van der Waals surface area contributed by atoms with E-state index >= 15 is 0 Å². The van der Waals surface area contributed by atoms with Crippen LogP contribution in [-0.4, -0.2) is 22.9 Å². The molecule has 1 heterocycles. The van der Waals surface area contributed by atoms with Crippen molar-refractivity contribution in [2.24, 2.45) is 0 Å². The molecule has 1 saturated heterocycles. The first-order valence-corrected chi connectivity index (χ1v) is 7.27. The lowest BCUT2D eigenvalue weighted by molar-refractivity contribution is -0.138. The van der Waals surface area contributed by atoms with Crippen molar-refractivity contribution in [2.75, 3.05) is 5.75 Å². The summed E-state index contributed by atoms with van der Waals surface area (Å²) in [5.74, 6) is -0.181. The van der Waals surface area contributed by atoms with E-state index in [1.807, 2.05) is 18.2 Å². The van der Waals surface area contributed by atoms with E-state index in [0.717, 1.165) is 14.5 Å². The van der Waals surface area contributed by atoms with Crippen molar-refractivity contribution < 1.29 is 9.90 Å². The molecule has 0 radical (unpaired) electrons. The Morgan fingerprint density at radius 2 is 2.19 bits per heavy atom. The number of hydrogen-bond donors (Lipinski definition) is 2. The van der Waals surface area contributed by atoms with E-state index < -0.39 is 12.0 Å². The van der Waals surface area contributed by atoms with Gasteiger partial charge in [-0.1, -0.05) is 6.07 Å². The summed E-state index contributed by atoms with van der Waals surface area (Å²) in [6, 6.07) is 5.50. The minimum Gasteiger partial charge on any atom is -0.480 e. The Hall–Kier alpha value is -0.0400. The second kappa shape index (κ2) is 5.08. The molecule has 0 bridgehead atoms. The van der Waals surface area contributed by atoms with Gasteiger partial charge in [0.25, 0.3) is 0 Å². The lowest BCUT2D eigenvalue weighted by Gasteiger charge is -2.12. The van der Waals surface area contributed by atoms with Crippen LogP contribution >= 0.6 is 43.6 Å². The van der Waals surface area contributed by atoms with Gasteiger partial charge in [-0.25, -0.2) is 0 Å². The Balaban J connectivity index is 2.14. The maximum Gasteiger partial charge on any atom is 0.321 e. The second-order valence-corrected chi connectivity index (χ2v) is 6.29. The molecule has 2 N–H and O–H groups in total. The van der Waals surface area contributed by atoms with Crippen LogP contribution in [0.15, 0.2) is 27.1 Å². The highest BCUT2D eigenvalue weighted by Gasteiger charge is 2.30. The van der Waals surface area contributed by atoms with Gasteiger partial charge < -0.3 is 5.11 Å². The number of rotatable bonds is 2. The first-order valence-electron chi connectivity index (χ1n) is 4.63. The Kier molecular flexibility index (Phi) is 3.94. The van der Waals surface area contributed by atoms with Crippen molar-refractivity contribution in [3.63, 3.8) is 0 Å². The zero-order valence-corrected chi connectivity index (χ0v) is 12.1. The number of carboxylic acids is 1. The average Bonchev–Trinajstić information content (AvgIpc) is 2.71. The predicted molar refractivity (Wildman–Crippen MR) is 71.6 cm³/mol. The van der Waals surface area contributed by atoms with E-state index in [9.17, 15) is 4.79 Å². The molecule has 6 heteroatoms. The van der Waals surface area contributed by atoms with Crippen LogP contribution in [-0.2, 0) is 4.79 Å². The second-order valence-electron chi connectivity index (χ2n) is 3.44. The summed E-state index contributed by atoms with van der Waals surface area (Å²) in [5.41, 5.74) is 1.09. The van der Waals surface area contributed by atoms with Crippen LogP contribution in [0.3, 0.4) is 0 Å². The minimum absolute atomic E-state index is 0.0606. The van der Waals surface area contributed by atoms with Crippen molar-refractivity contribution in [1.29, 1.82) is 0 Å². The van der Waals surface area contributed by atoms with Crippen LogP contribution < -0.4 is 5.32 Å². The van der Waals surface area contributed by atoms with Crippen LogP contribution in [0, 0.1) is 0 Å². The van der Waals surface area contributed by atoms with E-state index in [2.05, 4.69) is 37.2 Å². The highest BCUT2D eigenvalue weighted by molar-refractivity contribution is 9.13. The molecular formula is C10H9Br2NO2S. The molecule has 1 aromatic carbocycles. The third-order valence-corrected chi connectivity index (χ3v) is 5.47. The SMILES string of the molecule is O=C(O)[C@H]1CSC(c2ccc(Br)c(Br)c2)N1. The zero-order valence-electron chi connectivity index (χ0n) is 8.11. The molecule has 0 spiro atoms. The minimum atomic E-state index is -0.786. The number of carboxylic acid groups (broad SMARTS) is 1. The van der Waals surface area contributed by atoms with Crippen LogP contribution in [0.2, 0.25) is 0 Å². The summed E-state index contributed by atoms with van der Waals surface area (Å²) < 4.78 is 1.97. The molecule has 1 fully saturated rings. The molecule has 0 saturated carbocycles.